The van der Waals surface area contributed by atoms with E-state index in [0.717, 1.165) is 5.56 Å². The molecule has 1 unspecified atom stereocenters. The number of nitrogens with one attached hydrogen (secondary N) is 1. The molecule has 1 amide bonds. The Labute approximate surface area is 116 Å². The predicted molar refractivity (Wildman–Crippen MR) is 71.3 cm³/mol. The van der Waals surface area contributed by atoms with E-state index in [1.54, 1.807) is 31.2 Å². The molecule has 0 aliphatic carbocycles. The number of benzene rings is 1. The summed E-state index contributed by atoms with van der Waals surface area (Å²) in [6, 6.07) is 5.74. The van der Waals surface area contributed by atoms with Crippen molar-refractivity contribution in [1.82, 2.24) is 5.32 Å². The number of aryl methyl sites for hydroxylation is 1. The van der Waals surface area contributed by atoms with E-state index in [9.17, 15) is 14.4 Å². The number of hydrogen-bond donors (Lipinski definition) is 2. The molecule has 0 aromatic heterocycles. The average molecular weight is 279 g/mol. The third kappa shape index (κ3) is 4.38. The fourth-order valence-electron chi connectivity index (χ4n) is 1.69. The Kier molecular flexibility index (Phi) is 5.71. The van der Waals surface area contributed by atoms with Crippen LogP contribution < -0.4 is 5.32 Å². The number of ether oxygens (including phenoxy) is 1. The highest BCUT2D eigenvalue weighted by atomic mass is 16.5. The zero-order valence-corrected chi connectivity index (χ0v) is 11.4. The van der Waals surface area contributed by atoms with Gasteiger partial charge in [-0.2, -0.15) is 0 Å². The number of esters is 1. The summed E-state index contributed by atoms with van der Waals surface area (Å²) in [7, 11) is 1.23. The SMILES string of the molecule is COC(=O)CCC(NC(=O)c1ccccc1C)C(=O)O. The van der Waals surface area contributed by atoms with Crippen LogP contribution in [0, 0.1) is 6.92 Å². The van der Waals surface area contributed by atoms with Crippen LogP contribution in [0.25, 0.3) is 0 Å². The van der Waals surface area contributed by atoms with Gasteiger partial charge in [0.1, 0.15) is 6.04 Å². The Bertz CT molecular complexity index is 512. The fourth-order valence-corrected chi connectivity index (χ4v) is 1.69. The molecular weight excluding hydrogens is 262 g/mol. The summed E-state index contributed by atoms with van der Waals surface area (Å²) in [5.41, 5.74) is 1.17. The van der Waals surface area contributed by atoms with Crippen LogP contribution in [0.4, 0.5) is 0 Å². The molecule has 0 saturated carbocycles. The third-order valence-corrected chi connectivity index (χ3v) is 2.86. The zero-order chi connectivity index (χ0) is 15.1. The number of carboxylic acid groups (broad SMARTS) is 1. The van der Waals surface area contributed by atoms with Crippen molar-refractivity contribution < 1.29 is 24.2 Å². The van der Waals surface area contributed by atoms with Gasteiger partial charge in [0.05, 0.1) is 7.11 Å². The highest BCUT2D eigenvalue weighted by molar-refractivity contribution is 5.97. The molecule has 1 aromatic rings. The number of carbonyl (C=O) groups is 3. The summed E-state index contributed by atoms with van der Waals surface area (Å²) in [6.45, 7) is 1.76. The Balaban J connectivity index is 2.71. The van der Waals surface area contributed by atoms with Crippen LogP contribution in [0.2, 0.25) is 0 Å². The van der Waals surface area contributed by atoms with Gasteiger partial charge in [-0.05, 0) is 25.0 Å². The normalized spacial score (nSPS) is 11.5. The van der Waals surface area contributed by atoms with E-state index in [4.69, 9.17) is 5.11 Å². The molecule has 0 heterocycles. The molecule has 2 N–H and O–H groups in total. The maximum absolute atomic E-state index is 12.0. The van der Waals surface area contributed by atoms with Crippen LogP contribution >= 0.6 is 0 Å². The molecule has 108 valence electrons. The Morgan fingerprint density at radius 1 is 1.30 bits per heavy atom. The Morgan fingerprint density at radius 3 is 2.50 bits per heavy atom. The molecule has 0 bridgehead atoms. The summed E-state index contributed by atoms with van der Waals surface area (Å²) in [6.07, 6.45) is -0.0822. The minimum atomic E-state index is -1.18. The minimum Gasteiger partial charge on any atom is -0.480 e. The van der Waals surface area contributed by atoms with Crippen molar-refractivity contribution in [2.45, 2.75) is 25.8 Å². The van der Waals surface area contributed by atoms with Gasteiger partial charge in [-0.1, -0.05) is 18.2 Å². The maximum Gasteiger partial charge on any atom is 0.326 e. The van der Waals surface area contributed by atoms with E-state index >= 15 is 0 Å². The second kappa shape index (κ2) is 7.28. The zero-order valence-electron chi connectivity index (χ0n) is 11.4. The largest absolute Gasteiger partial charge is 0.480 e. The molecule has 1 aromatic carbocycles. The molecule has 6 nitrogen and oxygen atoms in total. The molecule has 1 rings (SSSR count). The first-order chi connectivity index (χ1) is 9.45. The summed E-state index contributed by atoms with van der Waals surface area (Å²) in [5, 5.41) is 11.5. The average Bonchev–Trinajstić information content (AvgIpc) is 2.42. The number of rotatable bonds is 6. The lowest BCUT2D eigenvalue weighted by molar-refractivity contribution is -0.142. The minimum absolute atomic E-state index is 0.0143. The lowest BCUT2D eigenvalue weighted by atomic mass is 10.1. The third-order valence-electron chi connectivity index (χ3n) is 2.86. The van der Waals surface area contributed by atoms with Crippen LogP contribution in [-0.4, -0.2) is 36.1 Å². The van der Waals surface area contributed by atoms with Gasteiger partial charge in [0.25, 0.3) is 5.91 Å². The quantitative estimate of drug-likeness (QED) is 0.761. The van der Waals surface area contributed by atoms with Crippen LogP contribution in [-0.2, 0) is 14.3 Å². The molecule has 0 saturated heterocycles. The number of carbonyl (C=O) groups excluding carboxylic acids is 2. The second-order valence-corrected chi connectivity index (χ2v) is 4.29. The van der Waals surface area contributed by atoms with Crippen molar-refractivity contribution in [3.63, 3.8) is 0 Å². The Morgan fingerprint density at radius 2 is 1.95 bits per heavy atom. The van der Waals surface area contributed by atoms with E-state index in [1.165, 1.54) is 7.11 Å². The van der Waals surface area contributed by atoms with E-state index in [2.05, 4.69) is 10.1 Å². The highest BCUT2D eigenvalue weighted by Gasteiger charge is 2.22. The predicted octanol–water partition coefficient (Wildman–Crippen LogP) is 1.13. The van der Waals surface area contributed by atoms with E-state index in [-0.39, 0.29) is 12.8 Å². The van der Waals surface area contributed by atoms with Crippen molar-refractivity contribution >= 4 is 17.8 Å². The fraction of sp³-hybridized carbons (Fsp3) is 0.357. The number of amides is 1. The van der Waals surface area contributed by atoms with Gasteiger partial charge in [-0.3, -0.25) is 9.59 Å². The van der Waals surface area contributed by atoms with Crippen molar-refractivity contribution in [3.05, 3.63) is 35.4 Å². The van der Waals surface area contributed by atoms with Crippen LogP contribution in [0.15, 0.2) is 24.3 Å². The first-order valence-corrected chi connectivity index (χ1v) is 6.11. The summed E-state index contributed by atoms with van der Waals surface area (Å²) < 4.78 is 4.44. The molecule has 6 heteroatoms. The monoisotopic (exact) mass is 279 g/mol. The second-order valence-electron chi connectivity index (χ2n) is 4.29. The number of methoxy groups -OCH3 is 1. The van der Waals surface area contributed by atoms with Gasteiger partial charge < -0.3 is 15.2 Å². The van der Waals surface area contributed by atoms with Crippen molar-refractivity contribution in [3.8, 4) is 0 Å². The highest BCUT2D eigenvalue weighted by Crippen LogP contribution is 2.08. The van der Waals surface area contributed by atoms with Gasteiger partial charge in [0, 0.05) is 12.0 Å². The summed E-state index contributed by atoms with van der Waals surface area (Å²) in [5.74, 6) is -2.17. The van der Waals surface area contributed by atoms with E-state index in [1.807, 2.05) is 0 Å². The van der Waals surface area contributed by atoms with Gasteiger partial charge in [-0.25, -0.2) is 4.79 Å². The molecule has 0 aliphatic heterocycles. The van der Waals surface area contributed by atoms with Crippen LogP contribution in [0.3, 0.4) is 0 Å². The van der Waals surface area contributed by atoms with Crippen molar-refractivity contribution in [1.29, 1.82) is 0 Å². The lowest BCUT2D eigenvalue weighted by Crippen LogP contribution is -2.41. The van der Waals surface area contributed by atoms with Gasteiger partial charge >= 0.3 is 11.9 Å². The van der Waals surface area contributed by atoms with Gasteiger partial charge in [0.15, 0.2) is 0 Å². The van der Waals surface area contributed by atoms with Gasteiger partial charge in [0.2, 0.25) is 0 Å². The first-order valence-electron chi connectivity index (χ1n) is 6.11. The standard InChI is InChI=1S/C14H17NO5/c1-9-5-3-4-6-10(9)13(17)15-11(14(18)19)7-8-12(16)20-2/h3-6,11H,7-8H2,1-2H3,(H,15,17)(H,18,19). The summed E-state index contributed by atoms with van der Waals surface area (Å²) >= 11 is 0. The van der Waals surface area contributed by atoms with Crippen molar-refractivity contribution in [2.24, 2.45) is 0 Å². The molecule has 0 fully saturated rings. The topological polar surface area (TPSA) is 92.7 Å². The van der Waals surface area contributed by atoms with Gasteiger partial charge in [-0.15, -0.1) is 0 Å². The number of carboxylic acids is 1. The maximum atomic E-state index is 12.0. The first kappa shape index (κ1) is 15.7. The molecule has 0 spiro atoms. The van der Waals surface area contributed by atoms with E-state index in [0.29, 0.717) is 5.56 Å². The van der Waals surface area contributed by atoms with Crippen LogP contribution in [0.5, 0.6) is 0 Å². The summed E-state index contributed by atoms with van der Waals surface area (Å²) in [4.78, 5) is 34.1. The van der Waals surface area contributed by atoms with Crippen LogP contribution in [0.1, 0.15) is 28.8 Å². The molecule has 0 radical (unpaired) electrons. The molecule has 20 heavy (non-hydrogen) atoms. The lowest BCUT2D eigenvalue weighted by Gasteiger charge is -2.14. The smallest absolute Gasteiger partial charge is 0.326 e. The number of hydrogen-bond acceptors (Lipinski definition) is 4. The molecule has 0 aliphatic rings. The van der Waals surface area contributed by atoms with E-state index < -0.39 is 23.9 Å². The molecule has 1 atom stereocenters. The number of aliphatic carboxylic acids is 1. The van der Waals surface area contributed by atoms with Crippen molar-refractivity contribution in [2.75, 3.05) is 7.11 Å². The molecular formula is C14H17NO5. The Hall–Kier alpha value is -2.37.